The summed E-state index contributed by atoms with van der Waals surface area (Å²) in [5.74, 6) is -0.964. The van der Waals surface area contributed by atoms with E-state index < -0.39 is 12.0 Å². The van der Waals surface area contributed by atoms with Crippen molar-refractivity contribution < 1.29 is 9.90 Å². The Balaban J connectivity index is 1.98. The van der Waals surface area contributed by atoms with Gasteiger partial charge in [-0.15, -0.1) is 0 Å². The van der Waals surface area contributed by atoms with Crippen LogP contribution in [0, 0.1) is 0 Å². The maximum Gasteiger partial charge on any atom is 0.0654 e. The highest BCUT2D eigenvalue weighted by molar-refractivity contribution is 5.75. The van der Waals surface area contributed by atoms with Gasteiger partial charge in [-0.1, -0.05) is 30.3 Å². The lowest BCUT2D eigenvalue weighted by Gasteiger charge is -2.04. The molecule has 3 atom stereocenters. The second kappa shape index (κ2) is 3.42. The van der Waals surface area contributed by atoms with Crippen LogP contribution in [0.4, 0.5) is 0 Å². The van der Waals surface area contributed by atoms with E-state index in [4.69, 9.17) is 0 Å². The van der Waals surface area contributed by atoms with Gasteiger partial charge in [0.15, 0.2) is 0 Å². The zero-order valence-electron chi connectivity index (χ0n) is 8.01. The van der Waals surface area contributed by atoms with E-state index in [2.05, 4.69) is 0 Å². The summed E-state index contributed by atoms with van der Waals surface area (Å²) in [7, 11) is 0. The molecule has 74 valence electrons. The minimum Gasteiger partial charge on any atom is -0.548 e. The number of carboxylic acids is 1. The molecule has 0 saturated carbocycles. The van der Waals surface area contributed by atoms with Gasteiger partial charge in [0, 0.05) is 12.6 Å². The normalized spacial score (nSPS) is 29.9. The summed E-state index contributed by atoms with van der Waals surface area (Å²) >= 11 is 0. The average molecular weight is 190 g/mol. The smallest absolute Gasteiger partial charge is 0.0654 e. The second-order valence-corrected chi connectivity index (χ2v) is 3.66. The van der Waals surface area contributed by atoms with Crippen molar-refractivity contribution in [1.82, 2.24) is 4.90 Å². The predicted octanol–water partition coefficient (Wildman–Crippen LogP) is 0.00920. The van der Waals surface area contributed by atoms with E-state index in [-0.39, 0.29) is 6.04 Å². The number of carbonyl (C=O) groups is 1. The molecular formula is C11H12NO2-. The van der Waals surface area contributed by atoms with Gasteiger partial charge in [0.1, 0.15) is 0 Å². The van der Waals surface area contributed by atoms with Crippen LogP contribution < -0.4 is 5.11 Å². The van der Waals surface area contributed by atoms with E-state index in [1.54, 1.807) is 0 Å². The molecule has 0 amide bonds. The zero-order valence-corrected chi connectivity index (χ0v) is 8.01. The molecule has 1 aliphatic rings. The van der Waals surface area contributed by atoms with Crippen molar-refractivity contribution in [1.29, 1.82) is 0 Å². The zero-order chi connectivity index (χ0) is 10.1. The number of benzene rings is 1. The SMILES string of the molecule is C[C@H]1[C@@H](C(=O)[O-])N1Cc1ccccc1. The molecule has 1 saturated heterocycles. The predicted molar refractivity (Wildman–Crippen MR) is 50.2 cm³/mol. The quantitative estimate of drug-likeness (QED) is 0.630. The number of carbonyl (C=O) groups excluding carboxylic acids is 1. The monoisotopic (exact) mass is 190 g/mol. The van der Waals surface area contributed by atoms with Crippen LogP contribution >= 0.6 is 0 Å². The van der Waals surface area contributed by atoms with Crippen molar-refractivity contribution in [3.63, 3.8) is 0 Å². The molecule has 0 aliphatic carbocycles. The van der Waals surface area contributed by atoms with Crippen LogP contribution in [0.3, 0.4) is 0 Å². The molecule has 3 nitrogen and oxygen atoms in total. The topological polar surface area (TPSA) is 43.1 Å². The summed E-state index contributed by atoms with van der Waals surface area (Å²) in [5, 5.41) is 10.6. The lowest BCUT2D eigenvalue weighted by Crippen LogP contribution is -2.30. The van der Waals surface area contributed by atoms with Gasteiger partial charge >= 0.3 is 0 Å². The largest absolute Gasteiger partial charge is 0.548 e. The Morgan fingerprint density at radius 1 is 1.43 bits per heavy atom. The lowest BCUT2D eigenvalue weighted by atomic mass is 10.2. The first-order valence-electron chi connectivity index (χ1n) is 4.70. The Hall–Kier alpha value is -1.35. The molecule has 0 N–H and O–H groups in total. The van der Waals surface area contributed by atoms with E-state index in [9.17, 15) is 9.90 Å². The summed E-state index contributed by atoms with van der Waals surface area (Å²) in [4.78, 5) is 12.5. The first kappa shape index (κ1) is 9.21. The third-order valence-electron chi connectivity index (χ3n) is 2.70. The Labute approximate surface area is 83.0 Å². The molecule has 1 fully saturated rings. The highest BCUT2D eigenvalue weighted by Gasteiger charge is 2.44. The third kappa shape index (κ3) is 1.63. The molecule has 0 spiro atoms. The van der Waals surface area contributed by atoms with Crippen molar-refractivity contribution >= 4 is 5.97 Å². The number of carboxylic acid groups (broad SMARTS) is 1. The molecule has 2 rings (SSSR count). The maximum atomic E-state index is 10.6. The molecule has 1 aromatic carbocycles. The molecule has 1 unspecified atom stereocenters. The number of aliphatic carboxylic acids is 1. The molecule has 0 aromatic heterocycles. The number of hydrogen-bond acceptors (Lipinski definition) is 3. The Bertz CT molecular complexity index is 336. The highest BCUT2D eigenvalue weighted by Crippen LogP contribution is 2.29. The summed E-state index contributed by atoms with van der Waals surface area (Å²) < 4.78 is 0. The number of nitrogens with zero attached hydrogens (tertiary/aromatic N) is 1. The summed E-state index contributed by atoms with van der Waals surface area (Å²) in [6.45, 7) is 2.60. The minimum atomic E-state index is -0.964. The standard InChI is InChI=1S/C11H13NO2/c1-8-10(11(13)14)12(8)7-9-5-3-2-4-6-9/h2-6,8,10H,7H2,1H3,(H,13,14)/p-1/t8-,10-,12?/m0/s1. The summed E-state index contributed by atoms with van der Waals surface area (Å²) in [6.07, 6.45) is 0. The van der Waals surface area contributed by atoms with Crippen molar-refractivity contribution in [3.8, 4) is 0 Å². The second-order valence-electron chi connectivity index (χ2n) is 3.66. The fourth-order valence-electron chi connectivity index (χ4n) is 1.78. The van der Waals surface area contributed by atoms with Crippen molar-refractivity contribution in [2.75, 3.05) is 0 Å². The molecule has 0 radical (unpaired) electrons. The van der Waals surface area contributed by atoms with Crippen LogP contribution in [0.2, 0.25) is 0 Å². The van der Waals surface area contributed by atoms with E-state index in [0.29, 0.717) is 6.54 Å². The van der Waals surface area contributed by atoms with Crippen LogP contribution in [0.1, 0.15) is 12.5 Å². The van der Waals surface area contributed by atoms with Gasteiger partial charge in [-0.3, -0.25) is 4.90 Å². The van der Waals surface area contributed by atoms with Gasteiger partial charge in [0.2, 0.25) is 0 Å². The van der Waals surface area contributed by atoms with Crippen molar-refractivity contribution in [2.24, 2.45) is 0 Å². The maximum absolute atomic E-state index is 10.6. The Kier molecular flexibility index (Phi) is 2.25. The first-order chi connectivity index (χ1) is 6.70. The fourth-order valence-corrected chi connectivity index (χ4v) is 1.78. The van der Waals surface area contributed by atoms with Gasteiger partial charge in [-0.05, 0) is 12.5 Å². The van der Waals surface area contributed by atoms with Gasteiger partial charge in [0.05, 0.1) is 12.0 Å². The Morgan fingerprint density at radius 3 is 2.57 bits per heavy atom. The first-order valence-corrected chi connectivity index (χ1v) is 4.70. The third-order valence-corrected chi connectivity index (χ3v) is 2.70. The van der Waals surface area contributed by atoms with Gasteiger partial charge in [-0.2, -0.15) is 0 Å². The van der Waals surface area contributed by atoms with Crippen molar-refractivity contribution in [3.05, 3.63) is 35.9 Å². The molecule has 0 bridgehead atoms. The molecule has 1 aliphatic heterocycles. The van der Waals surface area contributed by atoms with Crippen LogP contribution in [0.25, 0.3) is 0 Å². The van der Waals surface area contributed by atoms with Crippen molar-refractivity contribution in [2.45, 2.75) is 25.6 Å². The van der Waals surface area contributed by atoms with Gasteiger partial charge in [-0.25, -0.2) is 0 Å². The molecule has 3 heteroatoms. The number of rotatable bonds is 3. The van der Waals surface area contributed by atoms with Crippen LogP contribution in [0.5, 0.6) is 0 Å². The van der Waals surface area contributed by atoms with E-state index in [1.165, 1.54) is 0 Å². The minimum absolute atomic E-state index is 0.111. The molecule has 1 heterocycles. The van der Waals surface area contributed by atoms with Crippen LogP contribution in [0.15, 0.2) is 30.3 Å². The van der Waals surface area contributed by atoms with E-state index in [0.717, 1.165) is 5.56 Å². The average Bonchev–Trinajstić information content (AvgIpc) is 2.78. The molecule has 14 heavy (non-hydrogen) atoms. The Morgan fingerprint density at radius 2 is 2.07 bits per heavy atom. The highest BCUT2D eigenvalue weighted by atomic mass is 16.4. The van der Waals surface area contributed by atoms with Crippen LogP contribution in [-0.4, -0.2) is 23.0 Å². The van der Waals surface area contributed by atoms with Gasteiger partial charge in [0.25, 0.3) is 0 Å². The van der Waals surface area contributed by atoms with Gasteiger partial charge < -0.3 is 9.90 Å². The fraction of sp³-hybridized carbons (Fsp3) is 0.364. The van der Waals surface area contributed by atoms with E-state index in [1.807, 2.05) is 42.2 Å². The summed E-state index contributed by atoms with van der Waals surface area (Å²) in [5.41, 5.74) is 1.14. The summed E-state index contributed by atoms with van der Waals surface area (Å²) in [6, 6.07) is 9.57. The molecular weight excluding hydrogens is 178 g/mol. The lowest BCUT2D eigenvalue weighted by molar-refractivity contribution is -0.306. The number of hydrogen-bond donors (Lipinski definition) is 0. The van der Waals surface area contributed by atoms with Crippen LogP contribution in [-0.2, 0) is 11.3 Å². The van der Waals surface area contributed by atoms with E-state index >= 15 is 0 Å². The molecule has 1 aromatic rings.